The molecule has 0 aliphatic heterocycles. The Labute approximate surface area is 120 Å². The summed E-state index contributed by atoms with van der Waals surface area (Å²) in [6.07, 6.45) is 1.98. The Balaban J connectivity index is 2.67. The van der Waals surface area contributed by atoms with Crippen molar-refractivity contribution >= 4 is 27.5 Å². The van der Waals surface area contributed by atoms with Gasteiger partial charge in [0.05, 0.1) is 5.25 Å². The third kappa shape index (κ3) is 5.42. The SMILES string of the molecule is CSc1ccc(NS(=O)(=O)C(C)CNC(C)C)cc1. The highest BCUT2D eigenvalue weighted by atomic mass is 32.2. The van der Waals surface area contributed by atoms with Crippen LogP contribution >= 0.6 is 11.8 Å². The lowest BCUT2D eigenvalue weighted by Crippen LogP contribution is -2.37. The van der Waals surface area contributed by atoms with E-state index in [4.69, 9.17) is 0 Å². The van der Waals surface area contributed by atoms with Crippen LogP contribution in [0.3, 0.4) is 0 Å². The van der Waals surface area contributed by atoms with Crippen LogP contribution in [0.1, 0.15) is 20.8 Å². The van der Waals surface area contributed by atoms with Crippen LogP contribution in [-0.2, 0) is 10.0 Å². The summed E-state index contributed by atoms with van der Waals surface area (Å²) in [7, 11) is -3.35. The van der Waals surface area contributed by atoms with E-state index in [0.29, 0.717) is 12.2 Å². The maximum Gasteiger partial charge on any atom is 0.236 e. The van der Waals surface area contributed by atoms with Gasteiger partial charge in [-0.15, -0.1) is 11.8 Å². The summed E-state index contributed by atoms with van der Waals surface area (Å²) in [6, 6.07) is 7.65. The van der Waals surface area contributed by atoms with Crippen molar-refractivity contribution in [3.63, 3.8) is 0 Å². The van der Waals surface area contributed by atoms with E-state index in [1.165, 1.54) is 0 Å². The highest BCUT2D eigenvalue weighted by Gasteiger charge is 2.20. The second kappa shape index (κ2) is 7.17. The van der Waals surface area contributed by atoms with Crippen molar-refractivity contribution in [1.82, 2.24) is 5.32 Å². The zero-order chi connectivity index (χ0) is 14.5. The lowest BCUT2D eigenvalue weighted by Gasteiger charge is -2.17. The molecule has 6 heteroatoms. The molecule has 0 aliphatic rings. The van der Waals surface area contributed by atoms with Gasteiger partial charge >= 0.3 is 0 Å². The largest absolute Gasteiger partial charge is 0.313 e. The average Bonchev–Trinajstić information content (AvgIpc) is 2.36. The summed E-state index contributed by atoms with van der Waals surface area (Å²) in [4.78, 5) is 1.11. The first-order chi connectivity index (χ1) is 8.85. The predicted octanol–water partition coefficient (Wildman–Crippen LogP) is 2.54. The number of anilines is 1. The molecule has 0 heterocycles. The number of sulfonamides is 1. The first-order valence-electron chi connectivity index (χ1n) is 6.24. The Hall–Kier alpha value is -0.720. The minimum Gasteiger partial charge on any atom is -0.313 e. The fourth-order valence-electron chi connectivity index (χ4n) is 1.44. The minimum atomic E-state index is -3.35. The molecule has 1 aromatic carbocycles. The Morgan fingerprint density at radius 1 is 1.16 bits per heavy atom. The Kier molecular flexibility index (Phi) is 6.16. The smallest absolute Gasteiger partial charge is 0.236 e. The van der Waals surface area contributed by atoms with Crippen LogP contribution < -0.4 is 10.0 Å². The number of hydrogen-bond donors (Lipinski definition) is 2. The number of hydrogen-bond acceptors (Lipinski definition) is 4. The molecule has 0 saturated carbocycles. The van der Waals surface area contributed by atoms with Gasteiger partial charge in [-0.3, -0.25) is 4.72 Å². The van der Waals surface area contributed by atoms with Crippen LogP contribution in [0, 0.1) is 0 Å². The molecule has 19 heavy (non-hydrogen) atoms. The molecule has 1 atom stereocenters. The van der Waals surface area contributed by atoms with Gasteiger partial charge in [0.2, 0.25) is 10.0 Å². The summed E-state index contributed by atoms with van der Waals surface area (Å²) < 4.78 is 26.8. The summed E-state index contributed by atoms with van der Waals surface area (Å²) in [5.41, 5.74) is 0.606. The zero-order valence-corrected chi connectivity index (χ0v) is 13.4. The van der Waals surface area contributed by atoms with Gasteiger partial charge in [0, 0.05) is 23.2 Å². The number of thioether (sulfide) groups is 1. The van der Waals surface area contributed by atoms with E-state index in [-0.39, 0.29) is 6.04 Å². The quantitative estimate of drug-likeness (QED) is 0.760. The number of rotatable bonds is 7. The zero-order valence-electron chi connectivity index (χ0n) is 11.8. The van der Waals surface area contributed by atoms with Crippen LogP contribution in [0.5, 0.6) is 0 Å². The van der Waals surface area contributed by atoms with E-state index in [0.717, 1.165) is 4.90 Å². The van der Waals surface area contributed by atoms with E-state index in [2.05, 4.69) is 10.0 Å². The van der Waals surface area contributed by atoms with Crippen LogP contribution in [0.2, 0.25) is 0 Å². The predicted molar refractivity (Wildman–Crippen MR) is 83.4 cm³/mol. The second-order valence-corrected chi connectivity index (χ2v) is 7.73. The molecule has 0 saturated heterocycles. The van der Waals surface area contributed by atoms with Crippen LogP contribution in [0.25, 0.3) is 0 Å². The maximum absolute atomic E-state index is 12.1. The van der Waals surface area contributed by atoms with Gasteiger partial charge in [-0.25, -0.2) is 8.42 Å². The van der Waals surface area contributed by atoms with Crippen molar-refractivity contribution in [2.75, 3.05) is 17.5 Å². The molecule has 0 bridgehead atoms. The van der Waals surface area contributed by atoms with Crippen molar-refractivity contribution in [2.45, 2.75) is 37.0 Å². The lowest BCUT2D eigenvalue weighted by atomic mass is 10.3. The molecule has 0 spiro atoms. The van der Waals surface area contributed by atoms with E-state index in [1.807, 2.05) is 32.2 Å². The molecule has 1 unspecified atom stereocenters. The summed E-state index contributed by atoms with van der Waals surface area (Å²) >= 11 is 1.63. The van der Waals surface area contributed by atoms with Crippen molar-refractivity contribution in [1.29, 1.82) is 0 Å². The van der Waals surface area contributed by atoms with E-state index in [9.17, 15) is 8.42 Å². The first kappa shape index (κ1) is 16.3. The summed E-state index contributed by atoms with van der Waals surface area (Å²) in [5, 5.41) is 2.66. The lowest BCUT2D eigenvalue weighted by molar-refractivity contribution is 0.553. The monoisotopic (exact) mass is 302 g/mol. The molecule has 4 nitrogen and oxygen atoms in total. The Morgan fingerprint density at radius 2 is 1.74 bits per heavy atom. The first-order valence-corrected chi connectivity index (χ1v) is 9.01. The van der Waals surface area contributed by atoms with Gasteiger partial charge < -0.3 is 5.32 Å². The molecule has 0 amide bonds. The van der Waals surface area contributed by atoms with Crippen molar-refractivity contribution in [3.05, 3.63) is 24.3 Å². The maximum atomic E-state index is 12.1. The van der Waals surface area contributed by atoms with Gasteiger partial charge in [-0.1, -0.05) is 13.8 Å². The van der Waals surface area contributed by atoms with Gasteiger partial charge in [-0.2, -0.15) is 0 Å². The fraction of sp³-hybridized carbons (Fsp3) is 0.538. The van der Waals surface area contributed by atoms with E-state index < -0.39 is 15.3 Å². The minimum absolute atomic E-state index is 0.276. The normalized spacial score (nSPS) is 13.5. The van der Waals surface area contributed by atoms with Crippen LogP contribution in [0.15, 0.2) is 29.2 Å². The summed E-state index contributed by atoms with van der Waals surface area (Å²) in [5.74, 6) is 0. The molecule has 1 aromatic rings. The topological polar surface area (TPSA) is 58.2 Å². The third-order valence-corrected chi connectivity index (χ3v) is 5.18. The van der Waals surface area contributed by atoms with Gasteiger partial charge in [-0.05, 0) is 37.4 Å². The molecular formula is C13H22N2O2S2. The Morgan fingerprint density at radius 3 is 2.21 bits per heavy atom. The molecule has 1 rings (SSSR count). The van der Waals surface area contributed by atoms with E-state index in [1.54, 1.807) is 30.8 Å². The summed E-state index contributed by atoms with van der Waals surface area (Å²) in [6.45, 7) is 6.13. The highest BCUT2D eigenvalue weighted by molar-refractivity contribution is 7.98. The molecule has 2 N–H and O–H groups in total. The molecule has 0 radical (unpaired) electrons. The van der Waals surface area contributed by atoms with E-state index >= 15 is 0 Å². The highest BCUT2D eigenvalue weighted by Crippen LogP contribution is 2.19. The van der Waals surface area contributed by atoms with Crippen molar-refractivity contribution < 1.29 is 8.42 Å². The molecule has 108 valence electrons. The average molecular weight is 302 g/mol. The molecule has 0 fully saturated rings. The fourth-order valence-corrected chi connectivity index (χ4v) is 2.82. The third-order valence-electron chi connectivity index (χ3n) is 2.69. The van der Waals surface area contributed by atoms with Crippen molar-refractivity contribution in [3.8, 4) is 0 Å². The second-order valence-electron chi connectivity index (χ2n) is 4.75. The van der Waals surface area contributed by atoms with Crippen LogP contribution in [-0.4, -0.2) is 32.5 Å². The number of nitrogens with one attached hydrogen (secondary N) is 2. The Bertz CT molecular complexity index is 484. The number of benzene rings is 1. The van der Waals surface area contributed by atoms with Gasteiger partial charge in [0.25, 0.3) is 0 Å². The van der Waals surface area contributed by atoms with Gasteiger partial charge in [0.15, 0.2) is 0 Å². The van der Waals surface area contributed by atoms with Gasteiger partial charge in [0.1, 0.15) is 0 Å². The van der Waals surface area contributed by atoms with Crippen molar-refractivity contribution in [2.24, 2.45) is 0 Å². The standard InChI is InChI=1S/C13H22N2O2S2/c1-10(2)14-9-11(3)19(16,17)15-12-5-7-13(18-4)8-6-12/h5-8,10-11,14-15H,9H2,1-4H3. The molecule has 0 aliphatic carbocycles. The van der Waals surface area contributed by atoms with Crippen LogP contribution in [0.4, 0.5) is 5.69 Å². The molecular weight excluding hydrogens is 280 g/mol. The molecule has 0 aromatic heterocycles.